The van der Waals surface area contributed by atoms with Crippen LogP contribution in [0.2, 0.25) is 0 Å². The fraction of sp³-hybridized carbons (Fsp3) is 0.500. The molecule has 1 aliphatic rings. The lowest BCUT2D eigenvalue weighted by atomic mass is 9.84. The second kappa shape index (κ2) is 6.95. The summed E-state index contributed by atoms with van der Waals surface area (Å²) in [6, 6.07) is 9.14. The first-order valence-electron chi connectivity index (χ1n) is 7.23. The van der Waals surface area contributed by atoms with Crippen molar-refractivity contribution in [3.05, 3.63) is 29.8 Å². The lowest BCUT2D eigenvalue weighted by molar-refractivity contribution is 0.241. The Labute approximate surface area is 120 Å². The number of hydrogen-bond acceptors (Lipinski definition) is 2. The van der Waals surface area contributed by atoms with Crippen LogP contribution in [0, 0.1) is 24.2 Å². The number of carbonyl (C=O) groups excluding carboxylic acids is 1. The normalized spacial score (nSPS) is 17.0. The smallest absolute Gasteiger partial charge is 0.320 e. The van der Waals surface area contributed by atoms with Gasteiger partial charge in [-0.1, -0.05) is 37.0 Å². The van der Waals surface area contributed by atoms with Crippen LogP contribution in [0.5, 0.6) is 0 Å². The molecule has 2 amide bonds. The van der Waals surface area contributed by atoms with E-state index in [1.807, 2.05) is 31.2 Å². The van der Waals surface area contributed by atoms with Crippen molar-refractivity contribution in [1.29, 1.82) is 5.26 Å². The zero-order valence-corrected chi connectivity index (χ0v) is 11.9. The molecular formula is C16H21N3O. The molecule has 106 valence electrons. The fourth-order valence-electron chi connectivity index (χ4n) is 2.67. The number of anilines is 1. The maximum atomic E-state index is 11.9. The molecule has 1 aromatic carbocycles. The summed E-state index contributed by atoms with van der Waals surface area (Å²) in [4.78, 5) is 11.9. The second-order valence-electron chi connectivity index (χ2n) is 5.47. The lowest BCUT2D eigenvalue weighted by Crippen LogP contribution is -2.42. The van der Waals surface area contributed by atoms with Crippen molar-refractivity contribution in [1.82, 2.24) is 5.32 Å². The van der Waals surface area contributed by atoms with Gasteiger partial charge in [0.25, 0.3) is 0 Å². The number of nitrogens with zero attached hydrogens (tertiary/aromatic N) is 1. The molecule has 2 N–H and O–H groups in total. The summed E-state index contributed by atoms with van der Waals surface area (Å²) in [5.41, 5.74) is 1.89. The molecule has 4 heteroatoms. The highest BCUT2D eigenvalue weighted by molar-refractivity contribution is 5.89. The quantitative estimate of drug-likeness (QED) is 0.882. The van der Waals surface area contributed by atoms with Gasteiger partial charge in [-0.05, 0) is 37.8 Å². The van der Waals surface area contributed by atoms with Gasteiger partial charge < -0.3 is 10.6 Å². The standard InChI is InChI=1S/C16H21N3O/c1-12-7-9-14(10-8-12)18-16(20)19-15(11-17)13-5-3-2-4-6-13/h7-10,13,15H,2-6H2,1H3,(H2,18,19,20). The summed E-state index contributed by atoms with van der Waals surface area (Å²) in [6.45, 7) is 2.00. The average Bonchev–Trinajstić information content (AvgIpc) is 2.48. The molecular weight excluding hydrogens is 250 g/mol. The number of urea groups is 1. The minimum Gasteiger partial charge on any atom is -0.322 e. The number of nitrogens with one attached hydrogen (secondary N) is 2. The van der Waals surface area contributed by atoms with Gasteiger partial charge in [0, 0.05) is 5.69 Å². The topological polar surface area (TPSA) is 64.9 Å². The van der Waals surface area contributed by atoms with Gasteiger partial charge >= 0.3 is 6.03 Å². The predicted octanol–water partition coefficient (Wildman–Crippen LogP) is 3.59. The van der Waals surface area contributed by atoms with Gasteiger partial charge in [-0.25, -0.2) is 4.79 Å². The van der Waals surface area contributed by atoms with Crippen LogP contribution in [-0.4, -0.2) is 12.1 Å². The van der Waals surface area contributed by atoms with E-state index in [1.54, 1.807) is 0 Å². The third-order valence-corrected chi connectivity index (χ3v) is 3.86. The minimum atomic E-state index is -0.388. The van der Waals surface area contributed by atoms with E-state index in [1.165, 1.54) is 6.42 Å². The van der Waals surface area contributed by atoms with Crippen molar-refractivity contribution in [3.8, 4) is 6.07 Å². The minimum absolute atomic E-state index is 0.289. The largest absolute Gasteiger partial charge is 0.322 e. The van der Waals surface area contributed by atoms with Crippen LogP contribution in [-0.2, 0) is 0 Å². The molecule has 0 saturated heterocycles. The monoisotopic (exact) mass is 271 g/mol. The number of benzene rings is 1. The Bertz CT molecular complexity index is 483. The highest BCUT2D eigenvalue weighted by Gasteiger charge is 2.24. The third kappa shape index (κ3) is 3.99. The van der Waals surface area contributed by atoms with Crippen molar-refractivity contribution in [3.63, 3.8) is 0 Å². The van der Waals surface area contributed by atoms with Gasteiger partial charge in [-0.15, -0.1) is 0 Å². The van der Waals surface area contributed by atoms with Gasteiger partial charge in [-0.2, -0.15) is 5.26 Å². The van der Waals surface area contributed by atoms with E-state index >= 15 is 0 Å². The predicted molar refractivity (Wildman–Crippen MR) is 79.3 cm³/mol. The van der Waals surface area contributed by atoms with Crippen LogP contribution in [0.3, 0.4) is 0 Å². The number of hydrogen-bond donors (Lipinski definition) is 2. The Hall–Kier alpha value is -2.02. The Kier molecular flexibility index (Phi) is 5.00. The van der Waals surface area contributed by atoms with Crippen LogP contribution in [0.1, 0.15) is 37.7 Å². The highest BCUT2D eigenvalue weighted by atomic mass is 16.2. The van der Waals surface area contributed by atoms with Crippen LogP contribution >= 0.6 is 0 Å². The number of aryl methyl sites for hydroxylation is 1. The summed E-state index contributed by atoms with van der Waals surface area (Å²) < 4.78 is 0. The Balaban J connectivity index is 1.89. The molecule has 0 bridgehead atoms. The van der Waals surface area contributed by atoms with Crippen LogP contribution in [0.25, 0.3) is 0 Å². The van der Waals surface area contributed by atoms with Crippen molar-refractivity contribution in [2.24, 2.45) is 5.92 Å². The van der Waals surface area contributed by atoms with Crippen molar-refractivity contribution in [2.45, 2.75) is 45.1 Å². The first-order valence-corrected chi connectivity index (χ1v) is 7.23. The second-order valence-corrected chi connectivity index (χ2v) is 5.47. The van der Waals surface area contributed by atoms with E-state index < -0.39 is 0 Å². The average molecular weight is 271 g/mol. The van der Waals surface area contributed by atoms with Gasteiger partial charge in [0.2, 0.25) is 0 Å². The van der Waals surface area contributed by atoms with E-state index in [-0.39, 0.29) is 18.0 Å². The highest BCUT2D eigenvalue weighted by Crippen LogP contribution is 2.26. The van der Waals surface area contributed by atoms with Crippen LogP contribution in [0.15, 0.2) is 24.3 Å². The summed E-state index contributed by atoms with van der Waals surface area (Å²) in [5, 5.41) is 14.8. The Morgan fingerprint density at radius 2 is 1.90 bits per heavy atom. The summed E-state index contributed by atoms with van der Waals surface area (Å²) in [6.07, 6.45) is 5.62. The van der Waals surface area contributed by atoms with E-state index in [9.17, 15) is 10.1 Å². The molecule has 1 aliphatic carbocycles. The molecule has 1 atom stereocenters. The molecule has 0 aromatic heterocycles. The molecule has 1 unspecified atom stereocenters. The van der Waals surface area contributed by atoms with Crippen LogP contribution in [0.4, 0.5) is 10.5 Å². The van der Waals surface area contributed by atoms with E-state index in [4.69, 9.17) is 0 Å². The molecule has 1 fully saturated rings. The first kappa shape index (κ1) is 14.4. The molecule has 20 heavy (non-hydrogen) atoms. The number of amides is 2. The molecule has 0 spiro atoms. The summed E-state index contributed by atoms with van der Waals surface area (Å²) in [5.74, 6) is 0.289. The first-order chi connectivity index (χ1) is 9.69. The molecule has 2 rings (SSSR count). The molecule has 4 nitrogen and oxygen atoms in total. The van der Waals surface area contributed by atoms with E-state index in [0.29, 0.717) is 0 Å². The molecule has 0 aliphatic heterocycles. The van der Waals surface area contributed by atoms with E-state index in [2.05, 4.69) is 16.7 Å². The Morgan fingerprint density at radius 3 is 2.50 bits per heavy atom. The third-order valence-electron chi connectivity index (χ3n) is 3.86. The zero-order chi connectivity index (χ0) is 14.4. The molecule has 0 radical (unpaired) electrons. The Morgan fingerprint density at radius 1 is 1.25 bits per heavy atom. The van der Waals surface area contributed by atoms with Gasteiger partial charge in [-0.3, -0.25) is 0 Å². The van der Waals surface area contributed by atoms with Gasteiger partial charge in [0.1, 0.15) is 6.04 Å². The maximum Gasteiger partial charge on any atom is 0.320 e. The van der Waals surface area contributed by atoms with Crippen molar-refractivity contribution < 1.29 is 4.79 Å². The fourth-order valence-corrected chi connectivity index (χ4v) is 2.67. The van der Waals surface area contributed by atoms with E-state index in [0.717, 1.165) is 36.9 Å². The summed E-state index contributed by atoms with van der Waals surface area (Å²) >= 11 is 0. The number of carbonyl (C=O) groups is 1. The number of rotatable bonds is 3. The van der Waals surface area contributed by atoms with Crippen LogP contribution < -0.4 is 10.6 Å². The van der Waals surface area contributed by atoms with Gasteiger partial charge in [0.15, 0.2) is 0 Å². The summed E-state index contributed by atoms with van der Waals surface area (Å²) in [7, 11) is 0. The maximum absolute atomic E-state index is 11.9. The SMILES string of the molecule is Cc1ccc(NC(=O)NC(C#N)C2CCCCC2)cc1. The molecule has 0 heterocycles. The van der Waals surface area contributed by atoms with Crippen molar-refractivity contribution in [2.75, 3.05) is 5.32 Å². The molecule has 1 aromatic rings. The van der Waals surface area contributed by atoms with Crippen molar-refractivity contribution >= 4 is 11.7 Å². The van der Waals surface area contributed by atoms with Gasteiger partial charge in [0.05, 0.1) is 6.07 Å². The number of nitriles is 1. The molecule has 1 saturated carbocycles. The lowest BCUT2D eigenvalue weighted by Gasteiger charge is -2.26. The zero-order valence-electron chi connectivity index (χ0n) is 11.9.